The Kier molecular flexibility index (Phi) is 8.20. The van der Waals surface area contributed by atoms with Crippen LogP contribution in [0.5, 0.6) is 11.5 Å². The molecule has 0 bridgehead atoms. The summed E-state index contributed by atoms with van der Waals surface area (Å²) in [4.78, 5) is 38.7. The highest BCUT2D eigenvalue weighted by Crippen LogP contribution is 2.39. The van der Waals surface area contributed by atoms with Gasteiger partial charge in [-0.3, -0.25) is 19.3 Å². The van der Waals surface area contributed by atoms with E-state index in [4.69, 9.17) is 15.9 Å². The number of imide groups is 1. The number of halogens is 1. The van der Waals surface area contributed by atoms with Crippen molar-refractivity contribution < 1.29 is 23.9 Å². The molecular weight excluding hydrogens is 508 g/mol. The first kappa shape index (κ1) is 24.4. The maximum atomic E-state index is 12.8. The minimum atomic E-state index is -0.536. The minimum absolute atomic E-state index is 0.0710. The Balaban J connectivity index is 1.76. The molecule has 0 aliphatic carbocycles. The van der Waals surface area contributed by atoms with Gasteiger partial charge in [0, 0.05) is 5.69 Å². The van der Waals surface area contributed by atoms with E-state index in [0.29, 0.717) is 33.8 Å². The van der Waals surface area contributed by atoms with Gasteiger partial charge in [-0.1, -0.05) is 23.6 Å². The fraction of sp³-hybridized carbons (Fsp3) is 0.208. The summed E-state index contributed by atoms with van der Waals surface area (Å²) in [5.74, 6) is 2.31. The number of nitrogens with zero attached hydrogens (tertiary/aromatic N) is 1. The van der Waals surface area contributed by atoms with Gasteiger partial charge >= 0.3 is 0 Å². The van der Waals surface area contributed by atoms with E-state index >= 15 is 0 Å². The summed E-state index contributed by atoms with van der Waals surface area (Å²) in [6.45, 7) is 3.86. The molecule has 2 aromatic carbocycles. The Morgan fingerprint density at radius 1 is 1.24 bits per heavy atom. The number of hydrogen-bond acceptors (Lipinski definition) is 6. The minimum Gasteiger partial charge on any atom is -0.490 e. The number of terminal acetylenes is 1. The Hall–Kier alpha value is -3.22. The van der Waals surface area contributed by atoms with Crippen LogP contribution in [-0.2, 0) is 9.59 Å². The zero-order valence-electron chi connectivity index (χ0n) is 18.0. The molecule has 1 aliphatic heterocycles. The number of aryl methyl sites for hydroxylation is 1. The number of anilines is 1. The number of benzene rings is 2. The van der Waals surface area contributed by atoms with Crippen LogP contribution in [0.3, 0.4) is 0 Å². The normalized spacial score (nSPS) is 14.4. The molecule has 3 rings (SSSR count). The molecule has 1 saturated heterocycles. The van der Waals surface area contributed by atoms with Crippen LogP contribution in [0.1, 0.15) is 18.1 Å². The number of rotatable bonds is 8. The Bertz CT molecular complexity index is 1150. The molecule has 7 nitrogen and oxygen atoms in total. The summed E-state index contributed by atoms with van der Waals surface area (Å²) >= 11 is 4.20. The first-order valence-electron chi connectivity index (χ1n) is 9.96. The van der Waals surface area contributed by atoms with Gasteiger partial charge in [0.1, 0.15) is 13.2 Å². The molecule has 1 fully saturated rings. The van der Waals surface area contributed by atoms with E-state index in [2.05, 4.69) is 27.2 Å². The average molecular weight is 529 g/mol. The van der Waals surface area contributed by atoms with Crippen LogP contribution >= 0.6 is 27.7 Å². The lowest BCUT2D eigenvalue weighted by Gasteiger charge is -2.13. The Morgan fingerprint density at radius 2 is 1.97 bits per heavy atom. The molecule has 0 spiro atoms. The van der Waals surface area contributed by atoms with E-state index in [0.717, 1.165) is 22.2 Å². The van der Waals surface area contributed by atoms with Crippen molar-refractivity contribution in [3.63, 3.8) is 0 Å². The molecule has 3 amide bonds. The largest absolute Gasteiger partial charge is 0.490 e. The zero-order chi connectivity index (χ0) is 24.0. The van der Waals surface area contributed by atoms with Gasteiger partial charge < -0.3 is 14.8 Å². The average Bonchev–Trinajstić information content (AvgIpc) is 3.02. The lowest BCUT2D eigenvalue weighted by molar-refractivity contribution is -0.127. The molecule has 1 heterocycles. The quantitative estimate of drug-likeness (QED) is 0.389. The molecule has 0 saturated carbocycles. The highest BCUT2D eigenvalue weighted by Gasteiger charge is 2.36. The summed E-state index contributed by atoms with van der Waals surface area (Å²) in [6.07, 6.45) is 6.84. The third-order valence-corrected chi connectivity index (χ3v) is 5.94. The van der Waals surface area contributed by atoms with Crippen molar-refractivity contribution in [2.75, 3.05) is 25.1 Å². The molecule has 1 aliphatic rings. The van der Waals surface area contributed by atoms with Crippen LogP contribution in [0, 0.1) is 19.3 Å². The molecule has 9 heteroatoms. The molecule has 0 unspecified atom stereocenters. The smallest absolute Gasteiger partial charge is 0.294 e. The number of hydrogen-bond donors (Lipinski definition) is 1. The molecule has 170 valence electrons. The van der Waals surface area contributed by atoms with Crippen LogP contribution in [0.25, 0.3) is 6.08 Å². The van der Waals surface area contributed by atoms with Gasteiger partial charge in [0.15, 0.2) is 11.5 Å². The summed E-state index contributed by atoms with van der Waals surface area (Å²) in [5.41, 5.74) is 2.26. The van der Waals surface area contributed by atoms with Crippen LogP contribution in [-0.4, -0.2) is 41.7 Å². The van der Waals surface area contributed by atoms with Crippen LogP contribution in [0.4, 0.5) is 10.5 Å². The third kappa shape index (κ3) is 6.18. The highest BCUT2D eigenvalue weighted by molar-refractivity contribution is 9.10. The fourth-order valence-electron chi connectivity index (χ4n) is 2.96. The Labute approximate surface area is 204 Å². The molecule has 0 atom stereocenters. The van der Waals surface area contributed by atoms with Gasteiger partial charge in [-0.15, -0.1) is 6.42 Å². The number of ether oxygens (including phenoxy) is 2. The first-order valence-corrected chi connectivity index (χ1v) is 11.6. The van der Waals surface area contributed by atoms with Crippen molar-refractivity contribution in [1.82, 2.24) is 4.90 Å². The highest BCUT2D eigenvalue weighted by atomic mass is 79.9. The topological polar surface area (TPSA) is 84.9 Å². The van der Waals surface area contributed by atoms with Crippen molar-refractivity contribution >= 4 is 56.5 Å². The van der Waals surface area contributed by atoms with E-state index in [1.807, 2.05) is 26.0 Å². The van der Waals surface area contributed by atoms with Gasteiger partial charge in [-0.05, 0) is 77.4 Å². The fourth-order valence-corrected chi connectivity index (χ4v) is 4.37. The summed E-state index contributed by atoms with van der Waals surface area (Å²) in [5, 5.41) is 2.18. The molecular formula is C24H21BrN2O5S. The standard InChI is InChI=1S/C24H21BrN2O5S/c1-4-10-32-22-18(25)11-16(12-19(22)31-5-2)13-20-23(29)27(24(30)33-20)14-21(28)26-17-8-6-15(3)7-9-17/h1,6-9,11-13H,5,10,14H2,2-3H3,(H,26,28)/b20-13-. The van der Waals surface area contributed by atoms with Crippen LogP contribution in [0.15, 0.2) is 45.8 Å². The van der Waals surface area contributed by atoms with Gasteiger partial charge in [-0.25, -0.2) is 0 Å². The van der Waals surface area contributed by atoms with Crippen molar-refractivity contribution in [1.29, 1.82) is 0 Å². The second-order valence-electron chi connectivity index (χ2n) is 6.94. The lowest BCUT2D eigenvalue weighted by atomic mass is 10.2. The number of carbonyl (C=O) groups is 3. The number of nitrogens with one attached hydrogen (secondary N) is 1. The predicted octanol–water partition coefficient (Wildman–Crippen LogP) is 4.84. The summed E-state index contributed by atoms with van der Waals surface area (Å²) in [7, 11) is 0. The maximum absolute atomic E-state index is 12.8. The van der Waals surface area contributed by atoms with E-state index in [-0.39, 0.29) is 18.1 Å². The monoisotopic (exact) mass is 528 g/mol. The van der Waals surface area contributed by atoms with Gasteiger partial charge in [0.25, 0.3) is 11.1 Å². The zero-order valence-corrected chi connectivity index (χ0v) is 20.4. The van der Waals surface area contributed by atoms with Gasteiger partial charge in [0.05, 0.1) is 16.0 Å². The van der Waals surface area contributed by atoms with E-state index in [9.17, 15) is 14.4 Å². The Morgan fingerprint density at radius 3 is 2.64 bits per heavy atom. The lowest BCUT2D eigenvalue weighted by Crippen LogP contribution is -2.36. The number of thioether (sulfide) groups is 1. The number of amides is 3. The van der Waals surface area contributed by atoms with Gasteiger partial charge in [0.2, 0.25) is 5.91 Å². The molecule has 1 N–H and O–H groups in total. The van der Waals surface area contributed by atoms with Crippen molar-refractivity contribution in [3.05, 3.63) is 56.9 Å². The third-order valence-electron chi connectivity index (χ3n) is 4.44. The van der Waals surface area contributed by atoms with E-state index in [1.165, 1.54) is 0 Å². The number of carbonyl (C=O) groups excluding carboxylic acids is 3. The van der Waals surface area contributed by atoms with Crippen molar-refractivity contribution in [2.45, 2.75) is 13.8 Å². The van der Waals surface area contributed by atoms with Crippen molar-refractivity contribution in [2.24, 2.45) is 0 Å². The molecule has 2 aromatic rings. The second kappa shape index (κ2) is 11.1. The first-order chi connectivity index (χ1) is 15.8. The van der Waals surface area contributed by atoms with Crippen LogP contribution in [0.2, 0.25) is 0 Å². The van der Waals surface area contributed by atoms with Crippen molar-refractivity contribution in [3.8, 4) is 23.8 Å². The van der Waals surface area contributed by atoms with Crippen LogP contribution < -0.4 is 14.8 Å². The van der Waals surface area contributed by atoms with E-state index < -0.39 is 17.1 Å². The van der Waals surface area contributed by atoms with E-state index in [1.54, 1.807) is 30.3 Å². The molecule has 33 heavy (non-hydrogen) atoms. The SMILES string of the molecule is C#CCOc1c(Br)cc(/C=C2\SC(=O)N(CC(=O)Nc3ccc(C)cc3)C2=O)cc1OCC. The molecule has 0 aromatic heterocycles. The second-order valence-corrected chi connectivity index (χ2v) is 8.79. The van der Waals surface area contributed by atoms with Gasteiger partial charge in [-0.2, -0.15) is 0 Å². The molecule has 0 radical (unpaired) electrons. The summed E-state index contributed by atoms with van der Waals surface area (Å²) < 4.78 is 11.8. The summed E-state index contributed by atoms with van der Waals surface area (Å²) in [6, 6.07) is 10.6. The maximum Gasteiger partial charge on any atom is 0.294 e. The predicted molar refractivity (Wildman–Crippen MR) is 132 cm³/mol.